The molecule has 0 unspecified atom stereocenters. The fraction of sp³-hybridized carbons (Fsp3) is 0.675. The van der Waals surface area contributed by atoms with Gasteiger partial charge in [-0.1, -0.05) is 69.7 Å². The van der Waals surface area contributed by atoms with E-state index in [-0.39, 0.29) is 12.2 Å². The monoisotopic (exact) mass is 717 g/mol. The lowest BCUT2D eigenvalue weighted by Crippen LogP contribution is -2.57. The molecule has 0 aliphatic heterocycles. The largest absolute Gasteiger partial charge is 0.508 e. The van der Waals surface area contributed by atoms with E-state index in [9.17, 15) is 34.2 Å². The van der Waals surface area contributed by atoms with Gasteiger partial charge in [0.15, 0.2) is 5.60 Å². The van der Waals surface area contributed by atoms with Gasteiger partial charge in [-0.2, -0.15) is 0 Å². The molecule has 3 atom stereocenters. The summed E-state index contributed by atoms with van der Waals surface area (Å²) in [6.45, 7) is 11.8. The number of aromatic hydroxyl groups is 1. The first-order valence-corrected chi connectivity index (χ1v) is 18.3. The molecule has 1 amide bonds. The number of ether oxygens (including phenoxy) is 3. The predicted molar refractivity (Wildman–Crippen MR) is 196 cm³/mol. The Bertz CT molecular complexity index is 1280. The van der Waals surface area contributed by atoms with Crippen LogP contribution in [0.3, 0.4) is 0 Å². The molecule has 3 N–H and O–H groups in total. The van der Waals surface area contributed by atoms with E-state index in [4.69, 9.17) is 14.2 Å². The second-order valence-corrected chi connectivity index (χ2v) is 15.2. The molecule has 0 bridgehead atoms. The number of Topliss-reactive ketones (excluding diaryl/α,β-unsaturated/α-hetero) is 1. The number of rotatable bonds is 23. The molecule has 0 spiro atoms. The lowest BCUT2D eigenvalue weighted by molar-refractivity contribution is -0.190. The van der Waals surface area contributed by atoms with Crippen LogP contribution in [-0.4, -0.2) is 69.8 Å². The van der Waals surface area contributed by atoms with E-state index in [2.05, 4.69) is 12.2 Å². The summed E-state index contributed by atoms with van der Waals surface area (Å²) < 4.78 is 15.9. The number of carbonyl (C=O) groups excluding carboxylic acids is 5. The van der Waals surface area contributed by atoms with Crippen molar-refractivity contribution in [3.8, 4) is 5.75 Å². The van der Waals surface area contributed by atoms with Gasteiger partial charge in [0, 0.05) is 19.3 Å². The zero-order valence-electron chi connectivity index (χ0n) is 32.2. The quantitative estimate of drug-likeness (QED) is 0.0472. The maximum atomic E-state index is 14.0. The molecule has 0 saturated heterocycles. The Hall–Kier alpha value is -3.73. The summed E-state index contributed by atoms with van der Waals surface area (Å²) in [6, 6.07) is 4.81. The van der Waals surface area contributed by atoms with E-state index in [1.54, 1.807) is 59.8 Å². The van der Waals surface area contributed by atoms with Crippen LogP contribution >= 0.6 is 0 Å². The number of methoxy groups -OCH3 is 1. The van der Waals surface area contributed by atoms with Crippen molar-refractivity contribution in [1.29, 1.82) is 0 Å². The van der Waals surface area contributed by atoms with Crippen molar-refractivity contribution in [1.82, 2.24) is 5.32 Å². The molecule has 0 radical (unpaired) electrons. The molecule has 0 aliphatic carbocycles. The Morgan fingerprint density at radius 3 is 1.88 bits per heavy atom. The van der Waals surface area contributed by atoms with Gasteiger partial charge in [0.25, 0.3) is 0 Å². The number of esters is 3. The summed E-state index contributed by atoms with van der Waals surface area (Å²) in [6.07, 6.45) is 12.6. The fourth-order valence-electron chi connectivity index (χ4n) is 5.42. The summed E-state index contributed by atoms with van der Waals surface area (Å²) in [5.74, 6) is -5.16. The third kappa shape index (κ3) is 18.9. The molecular weight excluding hydrogens is 654 g/mol. The maximum absolute atomic E-state index is 14.0. The molecule has 1 aromatic rings. The van der Waals surface area contributed by atoms with Crippen molar-refractivity contribution in [2.45, 2.75) is 161 Å². The first kappa shape index (κ1) is 45.3. The first-order chi connectivity index (χ1) is 23.8. The molecule has 0 fully saturated rings. The highest BCUT2D eigenvalue weighted by Gasteiger charge is 2.51. The van der Waals surface area contributed by atoms with Crippen molar-refractivity contribution in [3.63, 3.8) is 0 Å². The standard InChI is InChI=1S/C40H63NO10/c1-9-10-11-14-17-20-30(42)21-18-15-12-13-16-19-22-32(35(45)41-33(36(46)49-8)27-29-23-25-31(43)26-24-29)40(48,37(47)51-39(5,6)7)28-34(44)50-38(2,3)4/h19,22-26,32-33,43,48H,9-18,20-21,27-28H2,1-8H3,(H,41,45)/b22-19+/t32-,33+,40+/m1/s1. The molecule has 11 nitrogen and oxygen atoms in total. The van der Waals surface area contributed by atoms with Crippen LogP contribution in [0.2, 0.25) is 0 Å². The first-order valence-electron chi connectivity index (χ1n) is 18.3. The summed E-state index contributed by atoms with van der Waals surface area (Å²) in [7, 11) is 1.17. The number of aliphatic hydroxyl groups is 1. The van der Waals surface area contributed by atoms with Gasteiger partial charge in [-0.25, -0.2) is 9.59 Å². The Kier molecular flexibility index (Phi) is 19.8. The molecule has 0 aromatic heterocycles. The minimum absolute atomic E-state index is 0.0204. The Morgan fingerprint density at radius 2 is 1.35 bits per heavy atom. The van der Waals surface area contributed by atoms with Crippen LogP contribution in [0.4, 0.5) is 0 Å². The zero-order valence-corrected chi connectivity index (χ0v) is 32.2. The normalized spacial score (nSPS) is 14.3. The van der Waals surface area contributed by atoms with Crippen molar-refractivity contribution < 1.29 is 48.4 Å². The van der Waals surface area contributed by atoms with Crippen LogP contribution in [0.25, 0.3) is 0 Å². The Morgan fingerprint density at radius 1 is 0.804 bits per heavy atom. The Labute approximate surface area is 304 Å². The molecule has 0 heterocycles. The number of hydrogen-bond acceptors (Lipinski definition) is 10. The number of ketones is 1. The maximum Gasteiger partial charge on any atom is 0.340 e. The van der Waals surface area contributed by atoms with Gasteiger partial charge in [-0.05, 0) is 84.9 Å². The number of hydrogen-bond donors (Lipinski definition) is 3. The Balaban J connectivity index is 3.22. The van der Waals surface area contributed by atoms with Gasteiger partial charge in [0.2, 0.25) is 5.91 Å². The molecule has 288 valence electrons. The predicted octanol–water partition coefficient (Wildman–Crippen LogP) is 6.84. The molecule has 51 heavy (non-hydrogen) atoms. The van der Waals surface area contributed by atoms with Gasteiger partial charge in [-0.3, -0.25) is 14.4 Å². The number of allylic oxidation sites excluding steroid dienone is 1. The smallest absolute Gasteiger partial charge is 0.340 e. The number of nitrogens with one attached hydrogen (secondary N) is 1. The van der Waals surface area contributed by atoms with Crippen LogP contribution in [0, 0.1) is 5.92 Å². The van der Waals surface area contributed by atoms with E-state index >= 15 is 0 Å². The highest BCUT2D eigenvalue weighted by molar-refractivity contribution is 5.95. The number of phenols is 1. The topological polar surface area (TPSA) is 166 Å². The van der Waals surface area contributed by atoms with Crippen LogP contribution in [0.5, 0.6) is 5.75 Å². The lowest BCUT2D eigenvalue weighted by atomic mass is 9.82. The minimum Gasteiger partial charge on any atom is -0.508 e. The molecule has 11 heteroatoms. The number of phenolic OH excluding ortho intramolecular Hbond substituents is 1. The van der Waals surface area contributed by atoms with E-state index in [0.717, 1.165) is 38.5 Å². The summed E-state index contributed by atoms with van der Waals surface area (Å²) >= 11 is 0. The van der Waals surface area contributed by atoms with Crippen LogP contribution in [-0.2, 0) is 44.6 Å². The van der Waals surface area contributed by atoms with Gasteiger partial charge < -0.3 is 29.7 Å². The third-order valence-electron chi connectivity index (χ3n) is 8.03. The molecule has 1 aromatic carbocycles. The minimum atomic E-state index is -2.70. The van der Waals surface area contributed by atoms with E-state index in [0.29, 0.717) is 30.6 Å². The van der Waals surface area contributed by atoms with E-state index < -0.39 is 59.0 Å². The number of amides is 1. The van der Waals surface area contributed by atoms with Crippen LogP contribution < -0.4 is 5.32 Å². The van der Waals surface area contributed by atoms with Crippen LogP contribution in [0.1, 0.15) is 138 Å². The number of carbonyl (C=O) groups is 5. The number of benzene rings is 1. The number of unbranched alkanes of at least 4 members (excludes halogenated alkanes) is 8. The van der Waals surface area contributed by atoms with E-state index in [1.807, 2.05) is 0 Å². The lowest BCUT2D eigenvalue weighted by Gasteiger charge is -2.35. The van der Waals surface area contributed by atoms with E-state index in [1.165, 1.54) is 44.6 Å². The SMILES string of the molecule is CCCCCCCC(=O)CCCCCC/C=C/[C@H](C(=O)N[C@@H](Cc1ccc(O)cc1)C(=O)OC)[C@@](O)(CC(=O)OC(C)(C)C)C(=O)OC(C)(C)C. The molecule has 1 rings (SSSR count). The molecule has 0 saturated carbocycles. The van der Waals surface area contributed by atoms with Crippen molar-refractivity contribution >= 4 is 29.6 Å². The second-order valence-electron chi connectivity index (χ2n) is 15.2. The average Bonchev–Trinajstić information content (AvgIpc) is 3.02. The van der Waals surface area contributed by atoms with Gasteiger partial charge in [-0.15, -0.1) is 0 Å². The van der Waals surface area contributed by atoms with Crippen LogP contribution in [0.15, 0.2) is 36.4 Å². The fourth-order valence-corrected chi connectivity index (χ4v) is 5.42. The third-order valence-corrected chi connectivity index (χ3v) is 8.03. The molecular formula is C40H63NO10. The highest BCUT2D eigenvalue weighted by Crippen LogP contribution is 2.30. The highest BCUT2D eigenvalue weighted by atomic mass is 16.6. The average molecular weight is 718 g/mol. The molecule has 0 aliphatic rings. The summed E-state index contributed by atoms with van der Waals surface area (Å²) in [5, 5.41) is 24.3. The second kappa shape index (κ2) is 22.3. The van der Waals surface area contributed by atoms with Gasteiger partial charge in [0.1, 0.15) is 28.8 Å². The van der Waals surface area contributed by atoms with Crippen molar-refractivity contribution in [3.05, 3.63) is 42.0 Å². The van der Waals surface area contributed by atoms with Crippen molar-refractivity contribution in [2.75, 3.05) is 7.11 Å². The van der Waals surface area contributed by atoms with Crippen molar-refractivity contribution in [2.24, 2.45) is 5.92 Å². The van der Waals surface area contributed by atoms with Gasteiger partial charge >= 0.3 is 17.9 Å². The summed E-state index contributed by atoms with van der Waals surface area (Å²) in [5.41, 5.74) is -4.13. The zero-order chi connectivity index (χ0) is 38.7. The van der Waals surface area contributed by atoms with Gasteiger partial charge in [0.05, 0.1) is 19.4 Å². The summed E-state index contributed by atoms with van der Waals surface area (Å²) in [4.78, 5) is 65.8.